The molecule has 0 radical (unpaired) electrons. The maximum atomic E-state index is 12.3. The maximum Gasteiger partial charge on any atom is 0.306 e. The van der Waals surface area contributed by atoms with Gasteiger partial charge in [0.2, 0.25) is 0 Å². The van der Waals surface area contributed by atoms with Crippen LogP contribution < -0.4 is 0 Å². The number of allylic oxidation sites excluding steroid dienone is 20. The molecule has 1 atom stereocenters. The number of carbonyl (C=O) groups is 2. The predicted octanol–water partition coefficient (Wildman–Crippen LogP) is 17.1. The van der Waals surface area contributed by atoms with E-state index < -0.39 is 6.10 Å². The summed E-state index contributed by atoms with van der Waals surface area (Å²) in [7, 11) is 0. The third-order valence-electron chi connectivity index (χ3n) is 10.5. The highest BCUT2D eigenvalue weighted by molar-refractivity contribution is 5.70. The van der Waals surface area contributed by atoms with Crippen LogP contribution in [0.5, 0.6) is 0 Å². The van der Waals surface area contributed by atoms with E-state index in [0.717, 1.165) is 103 Å². The van der Waals surface area contributed by atoms with Crippen LogP contribution in [0.1, 0.15) is 213 Å². The van der Waals surface area contributed by atoms with Gasteiger partial charge in [-0.1, -0.05) is 219 Å². The predicted molar refractivity (Wildman–Crippen MR) is 274 cm³/mol. The van der Waals surface area contributed by atoms with Crippen molar-refractivity contribution >= 4 is 11.9 Å². The van der Waals surface area contributed by atoms with Crippen molar-refractivity contribution in [1.82, 2.24) is 0 Å². The van der Waals surface area contributed by atoms with Gasteiger partial charge in [0.1, 0.15) is 6.61 Å². The first-order valence-electron chi connectivity index (χ1n) is 25.6. The normalized spacial score (nSPS) is 13.3. The Labute approximate surface area is 388 Å². The number of rotatable bonds is 45. The third-order valence-corrected chi connectivity index (χ3v) is 10.5. The Kier molecular flexibility index (Phi) is 49.6. The van der Waals surface area contributed by atoms with Crippen LogP contribution in [-0.4, -0.2) is 36.4 Å². The highest BCUT2D eigenvalue weighted by atomic mass is 16.6. The molecule has 0 spiro atoms. The molecule has 0 bridgehead atoms. The second-order valence-corrected chi connectivity index (χ2v) is 16.5. The van der Waals surface area contributed by atoms with Crippen molar-refractivity contribution < 1.29 is 24.2 Å². The van der Waals surface area contributed by atoms with E-state index in [9.17, 15) is 14.7 Å². The number of carbonyl (C=O) groups excluding carboxylic acids is 2. The Hall–Kier alpha value is -3.70. The van der Waals surface area contributed by atoms with Gasteiger partial charge >= 0.3 is 11.9 Å². The molecule has 0 aliphatic heterocycles. The number of hydrogen-bond acceptors (Lipinski definition) is 5. The molecule has 0 aliphatic carbocycles. The zero-order chi connectivity index (χ0) is 45.6. The Morgan fingerprint density at radius 1 is 0.381 bits per heavy atom. The minimum atomic E-state index is -0.787. The standard InChI is InChI=1S/C58H94O5/c1-3-5-7-9-11-13-15-17-19-20-21-22-23-24-25-26-27-28-29-30-31-32-33-34-35-36-37-38-39-41-43-45-47-49-51-53-58(61)63-56(54-59)55-62-57(60)52-50-48-46-44-42-40-18-16-14-12-10-8-6-4-2/h5,7,10-13,16-19,21-22,24-25,27-28,30-31,33-34,56,59H,3-4,6,8-9,14-15,20,23,26,29,32,35-55H2,1-2H3/b7-5-,12-10-,13-11-,18-16-,19-17-,22-21-,25-24-,28-27-,31-30-,34-33-. The molecular formula is C58H94O5. The number of aliphatic hydroxyl groups is 1. The fraction of sp³-hybridized carbons (Fsp3) is 0.621. The largest absolute Gasteiger partial charge is 0.462 e. The van der Waals surface area contributed by atoms with Crippen molar-refractivity contribution in [1.29, 1.82) is 0 Å². The topological polar surface area (TPSA) is 72.8 Å². The maximum absolute atomic E-state index is 12.3. The molecule has 1 unspecified atom stereocenters. The molecule has 0 rings (SSSR count). The molecule has 0 aromatic heterocycles. The molecule has 63 heavy (non-hydrogen) atoms. The molecule has 5 heteroatoms. The van der Waals surface area contributed by atoms with Gasteiger partial charge in [-0.15, -0.1) is 0 Å². The zero-order valence-electron chi connectivity index (χ0n) is 40.5. The van der Waals surface area contributed by atoms with Crippen LogP contribution in [0, 0.1) is 0 Å². The van der Waals surface area contributed by atoms with Crippen molar-refractivity contribution in [2.24, 2.45) is 0 Å². The van der Waals surface area contributed by atoms with Gasteiger partial charge in [-0.05, 0) is 103 Å². The first-order valence-corrected chi connectivity index (χ1v) is 25.6. The van der Waals surface area contributed by atoms with Gasteiger partial charge in [0.15, 0.2) is 6.10 Å². The van der Waals surface area contributed by atoms with E-state index in [-0.39, 0.29) is 25.2 Å². The van der Waals surface area contributed by atoms with Gasteiger partial charge in [0, 0.05) is 12.8 Å². The lowest BCUT2D eigenvalue weighted by molar-refractivity contribution is -0.161. The SMILES string of the molecule is CC/C=C\C/C=C\C/C=C\C/C=C\C/C=C\C/C=C\C/C=C\C/C=C\CCCCCCCCCCCCC(=O)OC(CO)COC(=O)CCCCCCC/C=C\C/C=C\CCCC. The smallest absolute Gasteiger partial charge is 0.306 e. The summed E-state index contributed by atoms with van der Waals surface area (Å²) in [5.41, 5.74) is 0. The molecule has 0 aliphatic rings. The van der Waals surface area contributed by atoms with Gasteiger partial charge in [-0.25, -0.2) is 0 Å². The van der Waals surface area contributed by atoms with E-state index in [1.54, 1.807) is 0 Å². The average Bonchev–Trinajstić information content (AvgIpc) is 3.29. The average molecular weight is 871 g/mol. The lowest BCUT2D eigenvalue weighted by Gasteiger charge is -2.15. The fourth-order valence-corrected chi connectivity index (χ4v) is 6.64. The highest BCUT2D eigenvalue weighted by Gasteiger charge is 2.16. The monoisotopic (exact) mass is 871 g/mol. The first-order chi connectivity index (χ1) is 31.1. The van der Waals surface area contributed by atoms with Gasteiger partial charge < -0.3 is 14.6 Å². The summed E-state index contributed by atoms with van der Waals surface area (Å²) in [6.45, 7) is 3.96. The molecule has 0 saturated heterocycles. The van der Waals surface area contributed by atoms with Crippen molar-refractivity contribution in [2.75, 3.05) is 13.2 Å². The van der Waals surface area contributed by atoms with Gasteiger partial charge in [0.25, 0.3) is 0 Å². The lowest BCUT2D eigenvalue weighted by atomic mass is 10.0. The molecule has 0 fully saturated rings. The van der Waals surface area contributed by atoms with Crippen molar-refractivity contribution in [3.8, 4) is 0 Å². The Morgan fingerprint density at radius 3 is 1.03 bits per heavy atom. The van der Waals surface area contributed by atoms with Crippen molar-refractivity contribution in [3.63, 3.8) is 0 Å². The second kappa shape index (κ2) is 52.6. The number of aliphatic hydroxyl groups excluding tert-OH is 1. The summed E-state index contributed by atoms with van der Waals surface area (Å²) in [6.07, 6.45) is 77.2. The molecule has 0 saturated carbocycles. The molecule has 0 aromatic carbocycles. The van der Waals surface area contributed by atoms with Crippen LogP contribution in [0.15, 0.2) is 122 Å². The van der Waals surface area contributed by atoms with Gasteiger partial charge in [0.05, 0.1) is 6.61 Å². The van der Waals surface area contributed by atoms with Crippen LogP contribution in [0.2, 0.25) is 0 Å². The third kappa shape index (κ3) is 50.8. The van der Waals surface area contributed by atoms with Crippen LogP contribution in [-0.2, 0) is 19.1 Å². The molecule has 1 N–H and O–H groups in total. The minimum absolute atomic E-state index is 0.0810. The summed E-state index contributed by atoms with van der Waals surface area (Å²) in [5.74, 6) is -0.619. The van der Waals surface area contributed by atoms with Crippen molar-refractivity contribution in [3.05, 3.63) is 122 Å². The van der Waals surface area contributed by atoms with Gasteiger partial charge in [-0.3, -0.25) is 9.59 Å². The summed E-state index contributed by atoms with van der Waals surface area (Å²) < 4.78 is 10.6. The summed E-state index contributed by atoms with van der Waals surface area (Å²) in [5, 5.41) is 9.61. The van der Waals surface area contributed by atoms with E-state index in [1.807, 2.05) is 0 Å². The Bertz CT molecular complexity index is 1310. The van der Waals surface area contributed by atoms with E-state index in [4.69, 9.17) is 9.47 Å². The van der Waals surface area contributed by atoms with Crippen LogP contribution >= 0.6 is 0 Å². The highest BCUT2D eigenvalue weighted by Crippen LogP contribution is 2.14. The van der Waals surface area contributed by atoms with Crippen LogP contribution in [0.3, 0.4) is 0 Å². The van der Waals surface area contributed by atoms with E-state index >= 15 is 0 Å². The number of unbranched alkanes of at least 4 members (excludes halogenated alkanes) is 17. The zero-order valence-corrected chi connectivity index (χ0v) is 40.5. The number of hydrogen-bond donors (Lipinski definition) is 1. The Balaban J connectivity index is 3.59. The molecular weight excluding hydrogens is 777 g/mol. The summed E-state index contributed by atoms with van der Waals surface area (Å²) in [4.78, 5) is 24.4. The molecule has 5 nitrogen and oxygen atoms in total. The quantitative estimate of drug-likeness (QED) is 0.0375. The molecule has 0 heterocycles. The fourth-order valence-electron chi connectivity index (χ4n) is 6.64. The van der Waals surface area contributed by atoms with E-state index in [2.05, 4.69) is 135 Å². The van der Waals surface area contributed by atoms with E-state index in [0.29, 0.717) is 12.8 Å². The summed E-state index contributed by atoms with van der Waals surface area (Å²) >= 11 is 0. The molecule has 356 valence electrons. The number of ether oxygens (including phenoxy) is 2. The molecule has 0 amide bonds. The minimum Gasteiger partial charge on any atom is -0.462 e. The first kappa shape index (κ1) is 59.3. The van der Waals surface area contributed by atoms with Crippen LogP contribution in [0.25, 0.3) is 0 Å². The summed E-state index contributed by atoms with van der Waals surface area (Å²) in [6, 6.07) is 0. The van der Waals surface area contributed by atoms with Crippen LogP contribution in [0.4, 0.5) is 0 Å². The molecule has 0 aromatic rings. The number of esters is 2. The Morgan fingerprint density at radius 2 is 0.683 bits per heavy atom. The van der Waals surface area contributed by atoms with E-state index in [1.165, 1.54) is 83.5 Å². The van der Waals surface area contributed by atoms with Gasteiger partial charge in [-0.2, -0.15) is 0 Å². The van der Waals surface area contributed by atoms with Crippen molar-refractivity contribution in [2.45, 2.75) is 219 Å². The second-order valence-electron chi connectivity index (χ2n) is 16.5. The lowest BCUT2D eigenvalue weighted by Crippen LogP contribution is -2.28.